The molecule has 2 aromatic heterocycles. The largest absolute Gasteiger partial charge is 0.453 e. The van der Waals surface area contributed by atoms with E-state index in [-0.39, 0.29) is 5.78 Å². The molecule has 2 rings (SSSR count). The molecular weight excluding hydrogens is 257 g/mol. The first-order valence-corrected chi connectivity index (χ1v) is 6.00. The van der Waals surface area contributed by atoms with Crippen molar-refractivity contribution in [1.82, 2.24) is 19.6 Å². The van der Waals surface area contributed by atoms with Crippen LogP contribution in [0.25, 0.3) is 5.78 Å². The van der Waals surface area contributed by atoms with Gasteiger partial charge in [0.05, 0.1) is 0 Å². The number of hydrogen-bond donors (Lipinski definition) is 0. The number of halogens is 3. The van der Waals surface area contributed by atoms with Gasteiger partial charge >= 0.3 is 6.18 Å². The molecule has 0 aliphatic heterocycles. The number of nitrogens with zero attached hydrogens (tertiary/aromatic N) is 4. The average Bonchev–Trinajstić information content (AvgIpc) is 2.67. The lowest BCUT2D eigenvalue weighted by Crippen LogP contribution is -2.09. The molecule has 0 amide bonds. The molecule has 0 atom stereocenters. The van der Waals surface area contributed by atoms with Crippen LogP contribution in [0.3, 0.4) is 0 Å². The molecule has 0 saturated heterocycles. The highest BCUT2D eigenvalue weighted by molar-refractivity contribution is 5.37. The lowest BCUT2D eigenvalue weighted by Gasteiger charge is -2.11. The smallest absolute Gasteiger partial charge is 0.216 e. The lowest BCUT2D eigenvalue weighted by atomic mass is 10.0. The molecule has 0 bridgehead atoms. The van der Waals surface area contributed by atoms with Crippen molar-refractivity contribution in [1.29, 1.82) is 0 Å². The highest BCUT2D eigenvalue weighted by Gasteiger charge is 2.36. The average molecular weight is 272 g/mol. The molecule has 0 N–H and O–H groups in total. The Morgan fingerprint density at radius 2 is 1.79 bits per heavy atom. The minimum atomic E-state index is -4.55. The van der Waals surface area contributed by atoms with Gasteiger partial charge in [-0.25, -0.2) is 9.50 Å². The number of hydrogen-bond acceptors (Lipinski definition) is 3. The van der Waals surface area contributed by atoms with E-state index in [1.54, 1.807) is 13.8 Å². The van der Waals surface area contributed by atoms with Crippen LogP contribution in [0.1, 0.15) is 36.6 Å². The zero-order valence-electron chi connectivity index (χ0n) is 11.2. The maximum atomic E-state index is 12.6. The van der Waals surface area contributed by atoms with E-state index in [1.807, 2.05) is 13.8 Å². The van der Waals surface area contributed by atoms with Gasteiger partial charge in [-0.2, -0.15) is 18.2 Å². The number of aryl methyl sites for hydroxylation is 2. The number of fused-ring (bicyclic) bond motifs is 1. The normalized spacial score (nSPS) is 12.6. The van der Waals surface area contributed by atoms with Crippen molar-refractivity contribution in [2.24, 2.45) is 5.92 Å². The molecule has 2 heterocycles. The summed E-state index contributed by atoms with van der Waals surface area (Å²) in [5.41, 5.74) is 2.31. The summed E-state index contributed by atoms with van der Waals surface area (Å²) in [5.74, 6) is -0.763. The van der Waals surface area contributed by atoms with Crippen molar-refractivity contribution in [2.75, 3.05) is 0 Å². The number of alkyl halides is 3. The first kappa shape index (κ1) is 13.8. The van der Waals surface area contributed by atoms with Gasteiger partial charge in [0.1, 0.15) is 0 Å². The van der Waals surface area contributed by atoms with Crippen LogP contribution in [0, 0.1) is 19.8 Å². The summed E-state index contributed by atoms with van der Waals surface area (Å²) < 4.78 is 39.0. The second kappa shape index (κ2) is 4.47. The van der Waals surface area contributed by atoms with E-state index in [4.69, 9.17) is 0 Å². The molecule has 0 unspecified atom stereocenters. The fraction of sp³-hybridized carbons (Fsp3) is 0.583. The quantitative estimate of drug-likeness (QED) is 0.844. The van der Waals surface area contributed by atoms with Crippen molar-refractivity contribution in [3.63, 3.8) is 0 Å². The van der Waals surface area contributed by atoms with E-state index in [0.29, 0.717) is 17.3 Å². The summed E-state index contributed by atoms with van der Waals surface area (Å²) in [6.45, 7) is 7.62. The third-order valence-electron chi connectivity index (χ3n) is 2.91. The zero-order chi connectivity index (χ0) is 14.4. The fourth-order valence-corrected chi connectivity index (χ4v) is 2.03. The fourth-order valence-electron chi connectivity index (χ4n) is 2.03. The Morgan fingerprint density at radius 3 is 2.32 bits per heavy atom. The van der Waals surface area contributed by atoms with E-state index in [9.17, 15) is 13.2 Å². The predicted octanol–water partition coefficient (Wildman–Crippen LogP) is 2.96. The first-order chi connectivity index (χ1) is 8.70. The number of rotatable bonds is 2. The standard InChI is InChI=1S/C12H15F3N4/c1-6(2)5-9-7(3)16-11-17-10(12(13,14)15)18-19(11)8(9)4/h6H,5H2,1-4H3. The summed E-state index contributed by atoms with van der Waals surface area (Å²) in [6.07, 6.45) is -3.80. The molecule has 0 spiro atoms. The van der Waals surface area contributed by atoms with Gasteiger partial charge < -0.3 is 0 Å². The van der Waals surface area contributed by atoms with Crippen LogP contribution in [0.15, 0.2) is 0 Å². The van der Waals surface area contributed by atoms with Gasteiger partial charge in [-0.05, 0) is 31.7 Å². The molecule has 2 aromatic rings. The molecule has 19 heavy (non-hydrogen) atoms. The molecule has 7 heteroatoms. The van der Waals surface area contributed by atoms with Crippen molar-refractivity contribution in [2.45, 2.75) is 40.3 Å². The van der Waals surface area contributed by atoms with Crippen LogP contribution < -0.4 is 0 Å². The van der Waals surface area contributed by atoms with E-state index in [2.05, 4.69) is 15.1 Å². The highest BCUT2D eigenvalue weighted by atomic mass is 19.4. The van der Waals surface area contributed by atoms with Gasteiger partial charge in [0, 0.05) is 11.4 Å². The highest BCUT2D eigenvalue weighted by Crippen LogP contribution is 2.27. The minimum absolute atomic E-state index is 0.00479. The van der Waals surface area contributed by atoms with Crippen LogP contribution in [0.5, 0.6) is 0 Å². The predicted molar refractivity (Wildman–Crippen MR) is 63.8 cm³/mol. The zero-order valence-corrected chi connectivity index (χ0v) is 11.2. The molecule has 0 aliphatic carbocycles. The van der Waals surface area contributed by atoms with Crippen molar-refractivity contribution >= 4 is 5.78 Å². The summed E-state index contributed by atoms with van der Waals surface area (Å²) in [5, 5.41) is 3.51. The second-order valence-electron chi connectivity index (χ2n) is 5.00. The van der Waals surface area contributed by atoms with E-state index in [1.165, 1.54) is 4.52 Å². The Bertz CT molecular complexity index is 613. The van der Waals surface area contributed by atoms with Crippen LogP contribution in [0.2, 0.25) is 0 Å². The Labute approximate surface area is 108 Å². The Hall–Kier alpha value is -1.66. The molecule has 0 aromatic carbocycles. The third-order valence-corrected chi connectivity index (χ3v) is 2.91. The van der Waals surface area contributed by atoms with E-state index < -0.39 is 12.0 Å². The Morgan fingerprint density at radius 1 is 1.16 bits per heavy atom. The molecule has 0 fully saturated rings. The minimum Gasteiger partial charge on any atom is -0.216 e. The Balaban J connectivity index is 2.63. The van der Waals surface area contributed by atoms with Gasteiger partial charge in [0.2, 0.25) is 0 Å². The van der Waals surface area contributed by atoms with E-state index in [0.717, 1.165) is 12.0 Å². The topological polar surface area (TPSA) is 43.1 Å². The second-order valence-corrected chi connectivity index (χ2v) is 5.00. The van der Waals surface area contributed by atoms with Crippen molar-refractivity contribution < 1.29 is 13.2 Å². The van der Waals surface area contributed by atoms with E-state index >= 15 is 0 Å². The summed E-state index contributed by atoms with van der Waals surface area (Å²) in [6, 6.07) is 0. The summed E-state index contributed by atoms with van der Waals surface area (Å²) in [4.78, 5) is 7.55. The van der Waals surface area contributed by atoms with Gasteiger partial charge in [0.25, 0.3) is 11.6 Å². The number of aromatic nitrogens is 4. The maximum absolute atomic E-state index is 12.6. The summed E-state index contributed by atoms with van der Waals surface area (Å²) >= 11 is 0. The van der Waals surface area contributed by atoms with Crippen LogP contribution in [-0.2, 0) is 12.6 Å². The third kappa shape index (κ3) is 2.54. The molecule has 4 nitrogen and oxygen atoms in total. The Kier molecular flexibility index (Phi) is 3.24. The van der Waals surface area contributed by atoms with Crippen LogP contribution in [-0.4, -0.2) is 19.6 Å². The molecule has 0 aliphatic rings. The maximum Gasteiger partial charge on any atom is 0.453 e. The lowest BCUT2D eigenvalue weighted by molar-refractivity contribution is -0.144. The first-order valence-electron chi connectivity index (χ1n) is 6.00. The SMILES string of the molecule is Cc1nc2nc(C(F)(F)F)nn2c(C)c1CC(C)C. The van der Waals surface area contributed by atoms with Crippen LogP contribution in [0.4, 0.5) is 13.2 Å². The summed E-state index contributed by atoms with van der Waals surface area (Å²) in [7, 11) is 0. The van der Waals surface area contributed by atoms with Gasteiger partial charge in [-0.1, -0.05) is 13.8 Å². The van der Waals surface area contributed by atoms with Crippen LogP contribution >= 0.6 is 0 Å². The van der Waals surface area contributed by atoms with Crippen molar-refractivity contribution in [3.8, 4) is 0 Å². The monoisotopic (exact) mass is 272 g/mol. The molecular formula is C12H15F3N4. The van der Waals surface area contributed by atoms with Gasteiger partial charge in [-0.3, -0.25) is 0 Å². The molecule has 104 valence electrons. The van der Waals surface area contributed by atoms with Gasteiger partial charge in [-0.15, -0.1) is 5.10 Å². The molecule has 0 radical (unpaired) electrons. The molecule has 0 saturated carbocycles. The van der Waals surface area contributed by atoms with Crippen molar-refractivity contribution in [3.05, 3.63) is 22.8 Å². The van der Waals surface area contributed by atoms with Gasteiger partial charge in [0.15, 0.2) is 0 Å².